The summed E-state index contributed by atoms with van der Waals surface area (Å²) in [5.41, 5.74) is 5.97. The van der Waals surface area contributed by atoms with Gasteiger partial charge in [0.15, 0.2) is 0 Å². The number of ether oxygens (including phenoxy) is 1. The number of rotatable bonds is 2. The van der Waals surface area contributed by atoms with Crippen LogP contribution in [-0.4, -0.2) is 28.4 Å². The molecule has 1 aliphatic rings. The molecular weight excluding hydrogens is 288 g/mol. The lowest BCUT2D eigenvalue weighted by molar-refractivity contribution is 0.419. The number of aromatic amines is 1. The summed E-state index contributed by atoms with van der Waals surface area (Å²) in [5.74, 6) is 0.868. The highest BCUT2D eigenvalue weighted by Crippen LogP contribution is 2.36. The van der Waals surface area contributed by atoms with E-state index in [-0.39, 0.29) is 0 Å². The normalized spacial score (nSPS) is 13.4. The Balaban J connectivity index is 0.000000753. The van der Waals surface area contributed by atoms with Gasteiger partial charge < -0.3 is 15.0 Å². The number of fused-ring (bicyclic) bond motifs is 2. The second kappa shape index (κ2) is 6.46. The summed E-state index contributed by atoms with van der Waals surface area (Å²) in [6.45, 7) is 5.89. The maximum absolute atomic E-state index is 5.44. The molecule has 1 aliphatic heterocycles. The van der Waals surface area contributed by atoms with Gasteiger partial charge >= 0.3 is 0 Å². The topological polar surface area (TPSA) is 54.9 Å². The van der Waals surface area contributed by atoms with E-state index in [2.05, 4.69) is 22.4 Å². The van der Waals surface area contributed by atoms with Gasteiger partial charge in [0.1, 0.15) is 5.75 Å². The Hall–Kier alpha value is -2.27. The standard InChI is InChI=1S/C16H18N4O.C2H6/c1-20-16(12-9-17-7-6-13(12)19-20)11-3-4-14(21-2)15-10(11)5-8-18-15;1-2/h3-5,8,17-18H,6-7,9H2,1-2H3;1-2H3. The van der Waals surface area contributed by atoms with Crippen molar-refractivity contribution in [2.75, 3.05) is 13.7 Å². The zero-order chi connectivity index (χ0) is 16.4. The van der Waals surface area contributed by atoms with Crippen LogP contribution in [0.25, 0.3) is 22.2 Å². The molecule has 122 valence electrons. The highest BCUT2D eigenvalue weighted by Gasteiger charge is 2.22. The van der Waals surface area contributed by atoms with E-state index in [1.54, 1.807) is 7.11 Å². The fourth-order valence-corrected chi connectivity index (χ4v) is 3.27. The van der Waals surface area contributed by atoms with Crippen LogP contribution in [0, 0.1) is 0 Å². The largest absolute Gasteiger partial charge is 0.495 e. The fraction of sp³-hybridized carbons (Fsp3) is 0.389. The van der Waals surface area contributed by atoms with Gasteiger partial charge in [0.25, 0.3) is 0 Å². The molecule has 0 spiro atoms. The van der Waals surface area contributed by atoms with Crippen molar-refractivity contribution in [1.29, 1.82) is 0 Å². The van der Waals surface area contributed by atoms with Crippen LogP contribution in [0.2, 0.25) is 0 Å². The van der Waals surface area contributed by atoms with Crippen molar-refractivity contribution in [3.63, 3.8) is 0 Å². The highest BCUT2D eigenvalue weighted by atomic mass is 16.5. The molecule has 5 nitrogen and oxygen atoms in total. The van der Waals surface area contributed by atoms with Gasteiger partial charge in [-0.1, -0.05) is 13.8 Å². The van der Waals surface area contributed by atoms with Crippen LogP contribution < -0.4 is 10.1 Å². The molecule has 0 aliphatic carbocycles. The van der Waals surface area contributed by atoms with Crippen LogP contribution >= 0.6 is 0 Å². The van der Waals surface area contributed by atoms with Crippen LogP contribution in [0.3, 0.4) is 0 Å². The van der Waals surface area contributed by atoms with Crippen molar-refractivity contribution in [2.24, 2.45) is 7.05 Å². The van der Waals surface area contributed by atoms with Gasteiger partial charge in [-0.3, -0.25) is 4.68 Å². The molecule has 4 rings (SSSR count). The number of H-pyrrole nitrogens is 1. The average Bonchev–Trinajstić information content (AvgIpc) is 3.20. The number of nitrogens with one attached hydrogen (secondary N) is 2. The van der Waals surface area contributed by atoms with E-state index in [4.69, 9.17) is 9.84 Å². The third-order valence-corrected chi connectivity index (χ3v) is 4.23. The Morgan fingerprint density at radius 1 is 1.22 bits per heavy atom. The van der Waals surface area contributed by atoms with Crippen LogP contribution in [0.1, 0.15) is 25.1 Å². The summed E-state index contributed by atoms with van der Waals surface area (Å²) >= 11 is 0. The number of aromatic nitrogens is 3. The molecule has 23 heavy (non-hydrogen) atoms. The zero-order valence-corrected chi connectivity index (χ0v) is 14.2. The van der Waals surface area contributed by atoms with Crippen molar-refractivity contribution in [3.8, 4) is 17.0 Å². The first-order valence-electron chi connectivity index (χ1n) is 8.19. The van der Waals surface area contributed by atoms with Gasteiger partial charge in [-0.25, -0.2) is 0 Å². The number of methoxy groups -OCH3 is 1. The minimum atomic E-state index is 0.868. The predicted octanol–water partition coefficient (Wildman–Crippen LogP) is 3.25. The molecule has 0 bridgehead atoms. The molecule has 2 N–H and O–H groups in total. The first-order valence-corrected chi connectivity index (χ1v) is 8.19. The molecule has 0 saturated heterocycles. The summed E-state index contributed by atoms with van der Waals surface area (Å²) in [5, 5.41) is 9.31. The molecular formula is C18H24N4O. The summed E-state index contributed by atoms with van der Waals surface area (Å²) in [6.07, 6.45) is 2.95. The molecule has 0 fully saturated rings. The maximum atomic E-state index is 5.44. The lowest BCUT2D eigenvalue weighted by atomic mass is 9.99. The Morgan fingerprint density at radius 3 is 2.83 bits per heavy atom. The van der Waals surface area contributed by atoms with Crippen LogP contribution in [0.5, 0.6) is 5.75 Å². The fourth-order valence-electron chi connectivity index (χ4n) is 3.27. The highest BCUT2D eigenvalue weighted by molar-refractivity contribution is 5.98. The lowest BCUT2D eigenvalue weighted by Gasteiger charge is -2.14. The minimum absolute atomic E-state index is 0.868. The van der Waals surface area contributed by atoms with Crippen molar-refractivity contribution in [2.45, 2.75) is 26.8 Å². The Labute approximate surface area is 136 Å². The van der Waals surface area contributed by atoms with Gasteiger partial charge in [0, 0.05) is 49.3 Å². The van der Waals surface area contributed by atoms with Crippen molar-refractivity contribution < 1.29 is 4.74 Å². The van der Waals surface area contributed by atoms with Crippen molar-refractivity contribution >= 4 is 10.9 Å². The maximum Gasteiger partial charge on any atom is 0.142 e. The van der Waals surface area contributed by atoms with E-state index in [0.717, 1.165) is 30.8 Å². The first-order chi connectivity index (χ1) is 11.3. The Morgan fingerprint density at radius 2 is 2.04 bits per heavy atom. The second-order valence-corrected chi connectivity index (χ2v) is 5.41. The molecule has 0 amide bonds. The summed E-state index contributed by atoms with van der Waals surface area (Å²) in [6, 6.07) is 6.24. The van der Waals surface area contributed by atoms with Gasteiger partial charge in [0.2, 0.25) is 0 Å². The van der Waals surface area contributed by atoms with Crippen LogP contribution in [0.15, 0.2) is 24.4 Å². The van der Waals surface area contributed by atoms with Gasteiger partial charge in [-0.05, 0) is 18.2 Å². The zero-order valence-electron chi connectivity index (χ0n) is 14.2. The van der Waals surface area contributed by atoms with E-state index >= 15 is 0 Å². The minimum Gasteiger partial charge on any atom is -0.495 e. The molecule has 1 aromatic carbocycles. The molecule has 3 heterocycles. The second-order valence-electron chi connectivity index (χ2n) is 5.41. The summed E-state index contributed by atoms with van der Waals surface area (Å²) in [7, 11) is 3.72. The Bertz CT molecular complexity index is 816. The SMILES string of the molecule is CC.COc1ccc(-c2c3c(nn2C)CCNC3)c2cc[nH]c12. The monoisotopic (exact) mass is 312 g/mol. The molecule has 2 aromatic heterocycles. The average molecular weight is 312 g/mol. The van der Waals surface area contributed by atoms with Gasteiger partial charge in [-0.15, -0.1) is 0 Å². The van der Waals surface area contributed by atoms with E-state index in [1.807, 2.05) is 37.8 Å². The first kappa shape index (κ1) is 15.6. The quantitative estimate of drug-likeness (QED) is 0.764. The molecule has 0 saturated carbocycles. The smallest absolute Gasteiger partial charge is 0.142 e. The van der Waals surface area contributed by atoms with Crippen molar-refractivity contribution in [1.82, 2.24) is 20.1 Å². The number of hydrogen-bond acceptors (Lipinski definition) is 3. The third-order valence-electron chi connectivity index (χ3n) is 4.23. The molecule has 0 unspecified atom stereocenters. The lowest BCUT2D eigenvalue weighted by Crippen LogP contribution is -2.23. The van der Waals surface area contributed by atoms with Crippen LogP contribution in [-0.2, 0) is 20.0 Å². The summed E-state index contributed by atoms with van der Waals surface area (Å²) < 4.78 is 7.44. The Kier molecular flexibility index (Phi) is 4.39. The van der Waals surface area contributed by atoms with Gasteiger partial charge in [-0.2, -0.15) is 5.10 Å². The number of nitrogens with zero attached hydrogens (tertiary/aromatic N) is 2. The van der Waals surface area contributed by atoms with E-state index < -0.39 is 0 Å². The predicted molar refractivity (Wildman–Crippen MR) is 93.8 cm³/mol. The molecule has 3 aromatic rings. The number of hydrogen-bond donors (Lipinski definition) is 2. The van der Waals surface area contributed by atoms with Gasteiger partial charge in [0.05, 0.1) is 24.0 Å². The van der Waals surface area contributed by atoms with Crippen molar-refractivity contribution in [3.05, 3.63) is 35.7 Å². The van der Waals surface area contributed by atoms with E-state index in [1.165, 1.54) is 27.9 Å². The van der Waals surface area contributed by atoms with Crippen LogP contribution in [0.4, 0.5) is 0 Å². The molecule has 0 atom stereocenters. The summed E-state index contributed by atoms with van der Waals surface area (Å²) in [4.78, 5) is 3.27. The third kappa shape index (κ3) is 2.51. The number of benzene rings is 1. The molecule has 5 heteroatoms. The number of aryl methyl sites for hydroxylation is 1. The van der Waals surface area contributed by atoms with E-state index in [0.29, 0.717) is 0 Å². The molecule has 0 radical (unpaired) electrons. The van der Waals surface area contributed by atoms with E-state index in [9.17, 15) is 0 Å².